The van der Waals surface area contributed by atoms with Gasteiger partial charge in [0.1, 0.15) is 17.2 Å². The monoisotopic (exact) mass is 448 g/mol. The van der Waals surface area contributed by atoms with Gasteiger partial charge in [0.2, 0.25) is 0 Å². The number of imidazole rings is 1. The highest BCUT2D eigenvalue weighted by Crippen LogP contribution is 2.51. The highest BCUT2D eigenvalue weighted by atomic mass is 19.3. The van der Waals surface area contributed by atoms with Crippen molar-refractivity contribution in [1.29, 1.82) is 0 Å². The van der Waals surface area contributed by atoms with Crippen LogP contribution >= 0.6 is 0 Å². The summed E-state index contributed by atoms with van der Waals surface area (Å²) in [5.74, 6) is 1.83. The van der Waals surface area contributed by atoms with Gasteiger partial charge in [-0.05, 0) is 56.0 Å². The van der Waals surface area contributed by atoms with Crippen molar-refractivity contribution in [3.63, 3.8) is 0 Å². The van der Waals surface area contributed by atoms with Crippen LogP contribution in [0.4, 0.5) is 8.78 Å². The number of halogens is 2. The maximum absolute atomic E-state index is 13.1. The minimum atomic E-state index is -2.87. The lowest BCUT2D eigenvalue weighted by atomic mass is 9.83. The average molecular weight is 448 g/mol. The number of hydrogen-bond acceptors (Lipinski definition) is 5. The summed E-state index contributed by atoms with van der Waals surface area (Å²) in [6.07, 6.45) is 4.98. The van der Waals surface area contributed by atoms with Crippen molar-refractivity contribution < 1.29 is 18.6 Å². The maximum Gasteiger partial charge on any atom is 0.387 e. The van der Waals surface area contributed by atoms with E-state index < -0.39 is 12.2 Å². The molecule has 0 radical (unpaired) electrons. The summed E-state index contributed by atoms with van der Waals surface area (Å²) in [6, 6.07) is 11.3. The molecular formula is C25H22F2N4O2. The van der Waals surface area contributed by atoms with Crippen LogP contribution in [0.1, 0.15) is 55.0 Å². The first-order chi connectivity index (χ1) is 15.8. The Hall–Kier alpha value is -3.39. The van der Waals surface area contributed by atoms with Gasteiger partial charge in [-0.25, -0.2) is 15.0 Å². The molecule has 1 aliphatic carbocycles. The number of benzene rings is 2. The molecule has 0 amide bonds. The number of aliphatic hydroxyl groups is 1. The molecule has 0 fully saturated rings. The van der Waals surface area contributed by atoms with Gasteiger partial charge < -0.3 is 14.4 Å². The fraction of sp³-hybridized carbons (Fsp3) is 0.320. The third-order valence-electron chi connectivity index (χ3n) is 6.61. The molecule has 0 unspecified atom stereocenters. The molecule has 3 heterocycles. The highest BCUT2D eigenvalue weighted by Gasteiger charge is 2.41. The SMILES string of the molecule is CC(C)(O)c1ncc(-c2ccc3nc4n(c3c2)[C@@H]2C[C@H]4Cc3cccc(OC(F)F)c32)cn1. The zero-order valence-electron chi connectivity index (χ0n) is 18.2. The van der Waals surface area contributed by atoms with E-state index in [0.29, 0.717) is 5.82 Å². The van der Waals surface area contributed by atoms with E-state index in [-0.39, 0.29) is 17.7 Å². The number of alkyl halides is 2. The Balaban J connectivity index is 1.46. The van der Waals surface area contributed by atoms with Gasteiger partial charge in [0.15, 0.2) is 5.82 Å². The van der Waals surface area contributed by atoms with E-state index in [0.717, 1.165) is 52.0 Å². The lowest BCUT2D eigenvalue weighted by Crippen LogP contribution is -2.19. The molecule has 6 nitrogen and oxygen atoms in total. The van der Waals surface area contributed by atoms with Gasteiger partial charge in [-0.3, -0.25) is 0 Å². The quantitative estimate of drug-likeness (QED) is 0.478. The highest BCUT2D eigenvalue weighted by molar-refractivity contribution is 5.83. The van der Waals surface area contributed by atoms with Gasteiger partial charge in [0.05, 0.1) is 17.1 Å². The summed E-state index contributed by atoms with van der Waals surface area (Å²) in [7, 11) is 0. The standard InChI is InChI=1S/C25H22F2N4O2/c1-25(2,32)23-28-11-16(12-29-23)13-6-7-17-18(9-13)31-19-10-15(22(31)30-17)8-14-4-3-5-20(21(14)19)33-24(26)27/h3-7,9,11-12,15,19,24,32H,8,10H2,1-2H3/t15-,19-/m1/s1. The molecule has 2 aliphatic rings. The fourth-order valence-electron chi connectivity index (χ4n) is 5.21. The number of fused-ring (bicyclic) bond motifs is 9. The van der Waals surface area contributed by atoms with Gasteiger partial charge >= 0.3 is 6.61 Å². The number of rotatable bonds is 4. The van der Waals surface area contributed by atoms with Crippen LogP contribution in [-0.2, 0) is 12.0 Å². The van der Waals surface area contributed by atoms with Gasteiger partial charge in [0, 0.05) is 29.4 Å². The fourth-order valence-corrected chi connectivity index (χ4v) is 5.21. The van der Waals surface area contributed by atoms with Gasteiger partial charge in [-0.1, -0.05) is 18.2 Å². The molecule has 0 saturated heterocycles. The Morgan fingerprint density at radius 2 is 1.91 bits per heavy atom. The van der Waals surface area contributed by atoms with E-state index >= 15 is 0 Å². The van der Waals surface area contributed by atoms with Crippen LogP contribution in [0, 0.1) is 0 Å². The van der Waals surface area contributed by atoms with E-state index in [2.05, 4.69) is 14.5 Å². The van der Waals surface area contributed by atoms with Crippen molar-refractivity contribution in [2.45, 2.75) is 50.9 Å². The molecule has 2 aromatic carbocycles. The van der Waals surface area contributed by atoms with Crippen LogP contribution in [0.3, 0.4) is 0 Å². The third-order valence-corrected chi connectivity index (χ3v) is 6.61. The van der Waals surface area contributed by atoms with Crippen LogP contribution in [0.2, 0.25) is 0 Å². The number of aromatic nitrogens is 4. The number of ether oxygens (including phenoxy) is 1. The molecule has 4 aromatic rings. The lowest BCUT2D eigenvalue weighted by Gasteiger charge is -2.26. The summed E-state index contributed by atoms with van der Waals surface area (Å²) >= 11 is 0. The van der Waals surface area contributed by atoms with E-state index in [1.165, 1.54) is 0 Å². The van der Waals surface area contributed by atoms with Gasteiger partial charge in [-0.15, -0.1) is 0 Å². The van der Waals surface area contributed by atoms with Crippen molar-refractivity contribution in [2.75, 3.05) is 0 Å². The predicted octanol–water partition coefficient (Wildman–Crippen LogP) is 4.95. The number of hydrogen-bond donors (Lipinski definition) is 1. The van der Waals surface area contributed by atoms with Crippen molar-refractivity contribution in [2.24, 2.45) is 0 Å². The second-order valence-electron chi connectivity index (χ2n) is 9.26. The van der Waals surface area contributed by atoms with Crippen LogP contribution in [0.15, 0.2) is 48.8 Å². The van der Waals surface area contributed by atoms with E-state index in [4.69, 9.17) is 9.72 Å². The first kappa shape index (κ1) is 20.2. The summed E-state index contributed by atoms with van der Waals surface area (Å²) in [5, 5.41) is 10.1. The molecule has 8 heteroatoms. The average Bonchev–Trinajstić information content (AvgIpc) is 3.28. The molecule has 2 aromatic heterocycles. The molecule has 0 saturated carbocycles. The van der Waals surface area contributed by atoms with Crippen LogP contribution in [-0.4, -0.2) is 31.2 Å². The van der Waals surface area contributed by atoms with Gasteiger partial charge in [-0.2, -0.15) is 8.78 Å². The van der Waals surface area contributed by atoms with Crippen LogP contribution < -0.4 is 4.74 Å². The summed E-state index contributed by atoms with van der Waals surface area (Å²) in [4.78, 5) is 13.5. The van der Waals surface area contributed by atoms with Crippen molar-refractivity contribution >= 4 is 11.0 Å². The zero-order chi connectivity index (χ0) is 22.9. The lowest BCUT2D eigenvalue weighted by molar-refractivity contribution is -0.0508. The number of nitrogens with zero attached hydrogens (tertiary/aromatic N) is 4. The Bertz CT molecular complexity index is 1380. The molecule has 6 rings (SSSR count). The largest absolute Gasteiger partial charge is 0.434 e. The minimum absolute atomic E-state index is 0.0993. The second-order valence-corrected chi connectivity index (χ2v) is 9.26. The summed E-state index contributed by atoms with van der Waals surface area (Å²) < 4.78 is 33.3. The Morgan fingerprint density at radius 1 is 1.12 bits per heavy atom. The minimum Gasteiger partial charge on any atom is -0.434 e. The molecule has 2 bridgehead atoms. The Labute approximate surface area is 188 Å². The van der Waals surface area contributed by atoms with E-state index in [1.807, 2.05) is 24.3 Å². The molecule has 2 atom stereocenters. The second kappa shape index (κ2) is 7.05. The molecule has 1 aliphatic heterocycles. The molecule has 0 spiro atoms. The van der Waals surface area contributed by atoms with Gasteiger partial charge in [0.25, 0.3) is 0 Å². The van der Waals surface area contributed by atoms with Crippen molar-refractivity contribution in [3.8, 4) is 16.9 Å². The first-order valence-electron chi connectivity index (χ1n) is 10.9. The van der Waals surface area contributed by atoms with E-state index in [1.54, 1.807) is 38.4 Å². The summed E-state index contributed by atoms with van der Waals surface area (Å²) in [6.45, 7) is 0.421. The molecule has 168 valence electrons. The predicted molar refractivity (Wildman–Crippen MR) is 118 cm³/mol. The normalized spacial score (nSPS) is 19.1. The van der Waals surface area contributed by atoms with Crippen molar-refractivity contribution in [3.05, 3.63) is 71.6 Å². The Morgan fingerprint density at radius 3 is 2.64 bits per heavy atom. The first-order valence-corrected chi connectivity index (χ1v) is 10.9. The molecule has 1 N–H and O–H groups in total. The van der Waals surface area contributed by atoms with E-state index in [9.17, 15) is 13.9 Å². The molecular weight excluding hydrogens is 426 g/mol. The topological polar surface area (TPSA) is 73.1 Å². The smallest absolute Gasteiger partial charge is 0.387 e. The maximum atomic E-state index is 13.1. The zero-order valence-corrected chi connectivity index (χ0v) is 18.2. The van der Waals surface area contributed by atoms with Crippen LogP contribution in [0.25, 0.3) is 22.2 Å². The van der Waals surface area contributed by atoms with Crippen molar-refractivity contribution in [1.82, 2.24) is 19.5 Å². The Kier molecular flexibility index (Phi) is 4.32. The summed E-state index contributed by atoms with van der Waals surface area (Å²) in [5.41, 5.74) is 4.32. The third kappa shape index (κ3) is 3.20. The van der Waals surface area contributed by atoms with Crippen LogP contribution in [0.5, 0.6) is 5.75 Å². The molecule has 33 heavy (non-hydrogen) atoms.